The molecule has 236 valence electrons. The number of aromatic nitrogens is 2. The Kier molecular flexibility index (Phi) is 8.80. The number of aromatic amines is 1. The van der Waals surface area contributed by atoms with Crippen molar-refractivity contribution in [3.05, 3.63) is 139 Å². The smallest absolute Gasteiger partial charge is 0.0541 e. The van der Waals surface area contributed by atoms with E-state index in [0.717, 1.165) is 0 Å². The van der Waals surface area contributed by atoms with Crippen molar-refractivity contribution < 1.29 is 0 Å². The summed E-state index contributed by atoms with van der Waals surface area (Å²) in [6.45, 7) is 16.7. The fourth-order valence-electron chi connectivity index (χ4n) is 7.27. The van der Waals surface area contributed by atoms with E-state index < -0.39 is 0 Å². The normalized spacial score (nSPS) is 12.4. The molecule has 2 heterocycles. The van der Waals surface area contributed by atoms with Crippen LogP contribution in [0.4, 0.5) is 0 Å². The van der Waals surface area contributed by atoms with Gasteiger partial charge in [-0.15, -0.1) is 0 Å². The number of para-hydroxylation sites is 3. The van der Waals surface area contributed by atoms with Crippen LogP contribution in [0, 0.1) is 0 Å². The molecule has 0 aliphatic heterocycles. The first-order valence-electron chi connectivity index (χ1n) is 17.4. The fourth-order valence-corrected chi connectivity index (χ4v) is 7.27. The molecule has 0 saturated heterocycles. The van der Waals surface area contributed by atoms with Crippen LogP contribution in [-0.4, -0.2) is 9.55 Å². The highest BCUT2D eigenvalue weighted by Gasteiger charge is 2.36. The monoisotopic (exact) mass is 614 g/mol. The summed E-state index contributed by atoms with van der Waals surface area (Å²) in [6, 6.07) is 46.8. The minimum atomic E-state index is -0.0837. The number of benzene rings is 6. The number of fused-ring (bicyclic) bond motifs is 9. The van der Waals surface area contributed by atoms with E-state index in [2.05, 4.69) is 151 Å². The van der Waals surface area contributed by atoms with Gasteiger partial charge in [0.1, 0.15) is 0 Å². The number of nitrogens with zero attached hydrogens (tertiary/aromatic N) is 1. The SMILES string of the molecule is CC.CC.CC.CC1(C)c2cc(-c3ccc4c(c3)c3ccccc3n4-c3ccccc3)ccc2-c2cc3c(cc21)[nH]c1ccccc13. The third-order valence-corrected chi connectivity index (χ3v) is 9.32. The highest BCUT2D eigenvalue weighted by molar-refractivity contribution is 6.11. The van der Waals surface area contributed by atoms with Gasteiger partial charge in [-0.2, -0.15) is 0 Å². The van der Waals surface area contributed by atoms with Gasteiger partial charge in [0, 0.05) is 43.7 Å². The van der Waals surface area contributed by atoms with Crippen LogP contribution in [0.15, 0.2) is 127 Å². The van der Waals surface area contributed by atoms with E-state index >= 15 is 0 Å². The Morgan fingerprint density at radius 3 is 1.81 bits per heavy atom. The first kappa shape index (κ1) is 31.9. The Labute approximate surface area is 279 Å². The van der Waals surface area contributed by atoms with Crippen molar-refractivity contribution in [2.75, 3.05) is 0 Å². The van der Waals surface area contributed by atoms with Crippen molar-refractivity contribution in [3.63, 3.8) is 0 Å². The van der Waals surface area contributed by atoms with Gasteiger partial charge in [0.25, 0.3) is 0 Å². The number of rotatable bonds is 2. The first-order valence-corrected chi connectivity index (χ1v) is 17.4. The molecular weight excluding hydrogens is 569 g/mol. The quantitative estimate of drug-likeness (QED) is 0.200. The fraction of sp³-hybridized carbons (Fsp3) is 0.200. The second-order valence-electron chi connectivity index (χ2n) is 11.9. The molecule has 0 atom stereocenters. The van der Waals surface area contributed by atoms with Gasteiger partial charge in [0.15, 0.2) is 0 Å². The molecule has 0 bridgehead atoms. The highest BCUT2D eigenvalue weighted by atomic mass is 15.0. The van der Waals surface area contributed by atoms with Crippen LogP contribution in [0.2, 0.25) is 0 Å². The summed E-state index contributed by atoms with van der Waals surface area (Å²) in [4.78, 5) is 3.65. The van der Waals surface area contributed by atoms with Crippen LogP contribution in [0.5, 0.6) is 0 Å². The predicted octanol–water partition coefficient (Wildman–Crippen LogP) is 13.5. The minimum Gasteiger partial charge on any atom is -0.355 e. The maximum absolute atomic E-state index is 3.65. The minimum absolute atomic E-state index is 0.0837. The van der Waals surface area contributed by atoms with Crippen molar-refractivity contribution in [2.24, 2.45) is 0 Å². The maximum atomic E-state index is 3.65. The molecular formula is C45H46N2. The summed E-state index contributed by atoms with van der Waals surface area (Å²) in [6.07, 6.45) is 0. The predicted molar refractivity (Wildman–Crippen MR) is 207 cm³/mol. The van der Waals surface area contributed by atoms with Crippen molar-refractivity contribution in [1.29, 1.82) is 0 Å². The van der Waals surface area contributed by atoms with Gasteiger partial charge in [0.2, 0.25) is 0 Å². The first-order chi connectivity index (χ1) is 23.1. The van der Waals surface area contributed by atoms with Crippen molar-refractivity contribution in [2.45, 2.75) is 60.8 Å². The highest BCUT2D eigenvalue weighted by Crippen LogP contribution is 2.51. The molecule has 8 aromatic rings. The standard InChI is InChI=1S/C39H28N2.3C2H6/c1-39(2)33-21-25(16-18-27(33)30-22-31-28-12-6-8-14-35(28)40-36(31)23-34(30)39)24-17-19-38-32(20-24)29-13-7-9-15-37(29)41(38)26-10-4-3-5-11-26;3*1-2/h3-23,40H,1-2H3;3*1-2H3. The summed E-state index contributed by atoms with van der Waals surface area (Å²) < 4.78 is 2.38. The van der Waals surface area contributed by atoms with Crippen molar-refractivity contribution >= 4 is 43.6 Å². The van der Waals surface area contributed by atoms with Crippen LogP contribution < -0.4 is 0 Å². The van der Waals surface area contributed by atoms with E-state index in [-0.39, 0.29) is 5.41 Å². The van der Waals surface area contributed by atoms with E-state index in [4.69, 9.17) is 0 Å². The van der Waals surface area contributed by atoms with Gasteiger partial charge < -0.3 is 9.55 Å². The van der Waals surface area contributed by atoms with Gasteiger partial charge in [-0.3, -0.25) is 0 Å². The van der Waals surface area contributed by atoms with E-state index in [9.17, 15) is 0 Å². The van der Waals surface area contributed by atoms with Gasteiger partial charge in [-0.05, 0) is 88.0 Å². The van der Waals surface area contributed by atoms with Crippen LogP contribution in [0.25, 0.3) is 71.6 Å². The number of hydrogen-bond donors (Lipinski definition) is 1. The number of H-pyrrole nitrogens is 1. The van der Waals surface area contributed by atoms with Crippen LogP contribution >= 0.6 is 0 Å². The van der Waals surface area contributed by atoms with Crippen LogP contribution in [0.3, 0.4) is 0 Å². The molecule has 0 amide bonds. The zero-order valence-electron chi connectivity index (χ0n) is 29.1. The Morgan fingerprint density at radius 1 is 0.447 bits per heavy atom. The molecule has 2 aromatic heterocycles. The summed E-state index contributed by atoms with van der Waals surface area (Å²) in [7, 11) is 0. The maximum Gasteiger partial charge on any atom is 0.0541 e. The molecule has 6 aromatic carbocycles. The van der Waals surface area contributed by atoms with Crippen LogP contribution in [-0.2, 0) is 5.41 Å². The average Bonchev–Trinajstić information content (AvgIpc) is 3.75. The summed E-state index contributed by atoms with van der Waals surface area (Å²) in [5.41, 5.74) is 14.0. The van der Waals surface area contributed by atoms with E-state index in [1.807, 2.05) is 41.5 Å². The Hall–Kier alpha value is -5.08. The third-order valence-electron chi connectivity index (χ3n) is 9.32. The van der Waals surface area contributed by atoms with Gasteiger partial charge in [-0.1, -0.05) is 128 Å². The molecule has 2 heteroatoms. The van der Waals surface area contributed by atoms with Gasteiger partial charge in [-0.25, -0.2) is 0 Å². The Morgan fingerprint density at radius 2 is 1.04 bits per heavy atom. The summed E-state index contributed by atoms with van der Waals surface area (Å²) in [5, 5.41) is 5.15. The molecule has 47 heavy (non-hydrogen) atoms. The molecule has 0 unspecified atom stereocenters. The second kappa shape index (κ2) is 13.0. The lowest BCUT2D eigenvalue weighted by Crippen LogP contribution is -2.15. The molecule has 1 N–H and O–H groups in total. The van der Waals surface area contributed by atoms with Crippen molar-refractivity contribution in [3.8, 4) is 27.9 Å². The summed E-state index contributed by atoms with van der Waals surface area (Å²) >= 11 is 0. The lowest BCUT2D eigenvalue weighted by Gasteiger charge is -2.22. The Bertz CT molecular complexity index is 2330. The Balaban J connectivity index is 0.000000612. The van der Waals surface area contributed by atoms with Gasteiger partial charge >= 0.3 is 0 Å². The molecule has 2 nitrogen and oxygen atoms in total. The average molecular weight is 615 g/mol. The largest absolute Gasteiger partial charge is 0.355 e. The number of hydrogen-bond acceptors (Lipinski definition) is 0. The van der Waals surface area contributed by atoms with Crippen LogP contribution in [0.1, 0.15) is 66.5 Å². The van der Waals surface area contributed by atoms with E-state index in [1.165, 1.54) is 82.7 Å². The molecule has 0 fully saturated rings. The lowest BCUT2D eigenvalue weighted by molar-refractivity contribution is 0.661. The third kappa shape index (κ3) is 5.04. The van der Waals surface area contributed by atoms with Crippen molar-refractivity contribution in [1.82, 2.24) is 9.55 Å². The molecule has 9 rings (SSSR count). The molecule has 0 spiro atoms. The van der Waals surface area contributed by atoms with E-state index in [0.29, 0.717) is 0 Å². The second-order valence-corrected chi connectivity index (χ2v) is 11.9. The molecule has 1 aliphatic rings. The topological polar surface area (TPSA) is 20.7 Å². The van der Waals surface area contributed by atoms with Gasteiger partial charge in [0.05, 0.1) is 11.0 Å². The molecule has 0 saturated carbocycles. The molecule has 1 aliphatic carbocycles. The zero-order valence-corrected chi connectivity index (χ0v) is 29.1. The van der Waals surface area contributed by atoms with E-state index in [1.54, 1.807) is 0 Å². The lowest BCUT2D eigenvalue weighted by atomic mass is 9.81. The number of nitrogens with one attached hydrogen (secondary N) is 1. The zero-order chi connectivity index (χ0) is 33.3. The molecule has 0 radical (unpaired) electrons. The summed E-state index contributed by atoms with van der Waals surface area (Å²) in [5.74, 6) is 0.